The van der Waals surface area contributed by atoms with Crippen molar-refractivity contribution >= 4 is 0 Å². The highest BCUT2D eigenvalue weighted by Gasteiger charge is 1.92. The topological polar surface area (TPSA) is 14.1 Å². The Morgan fingerprint density at radius 2 is 1.77 bits per heavy atom. The highest BCUT2D eigenvalue weighted by molar-refractivity contribution is 5.22. The summed E-state index contributed by atoms with van der Waals surface area (Å²) in [5.74, 6) is 0. The van der Waals surface area contributed by atoms with Gasteiger partial charge >= 0.3 is 0 Å². The Balaban J connectivity index is 2.48. The molecule has 0 fully saturated rings. The van der Waals surface area contributed by atoms with Gasteiger partial charge in [0.1, 0.15) is 0 Å². The normalized spacial score (nSPS) is 10.3. The van der Waals surface area contributed by atoms with E-state index in [0.717, 1.165) is 6.54 Å². The lowest BCUT2D eigenvalue weighted by Gasteiger charge is -2.04. The van der Waals surface area contributed by atoms with Crippen molar-refractivity contribution in [1.29, 1.82) is 0 Å². The largest absolute Gasteiger partial charge is 0.420 e. The van der Waals surface area contributed by atoms with E-state index >= 15 is 0 Å². The fourth-order valence-corrected chi connectivity index (χ4v) is 1.32. The first-order valence-electron chi connectivity index (χ1n) is 4.87. The first-order chi connectivity index (χ1) is 6.36. The smallest absolute Gasteiger partial charge is 0.00550 e. The zero-order chi connectivity index (χ0) is 9.52. The molecular weight excluding hydrogens is 158 g/mol. The fraction of sp³-hybridized carbons (Fsp3) is 0.417. The molecule has 1 heteroatoms. The molecule has 1 aromatic carbocycles. The third-order valence-electron chi connectivity index (χ3n) is 2.14. The molecule has 0 atom stereocenters. The Kier molecular flexibility index (Phi) is 4.55. The van der Waals surface area contributed by atoms with Crippen LogP contribution in [0.4, 0.5) is 0 Å². The van der Waals surface area contributed by atoms with Crippen LogP contribution in [0.3, 0.4) is 0 Å². The van der Waals surface area contributed by atoms with E-state index < -0.39 is 0 Å². The number of nitrogens with zero attached hydrogens (tertiary/aromatic N) is 1. The van der Waals surface area contributed by atoms with Crippen molar-refractivity contribution < 1.29 is 0 Å². The third kappa shape index (κ3) is 3.60. The fourth-order valence-electron chi connectivity index (χ4n) is 1.32. The summed E-state index contributed by atoms with van der Waals surface area (Å²) >= 11 is 0. The standard InChI is InChI=1S/C12H17N/c1-3-4-5-11-6-8-12(9-7-11)10-13-2/h6-9H,2-5,10H2,1H3/q-1. The predicted molar refractivity (Wildman–Crippen MR) is 56.2 cm³/mol. The number of rotatable bonds is 5. The molecule has 71 valence electrons. The first-order valence-corrected chi connectivity index (χ1v) is 4.87. The molecule has 1 rings (SSSR count). The van der Waals surface area contributed by atoms with Crippen LogP contribution in [0, 0.1) is 7.05 Å². The van der Waals surface area contributed by atoms with Crippen LogP contribution in [0.25, 0.3) is 0 Å². The summed E-state index contributed by atoms with van der Waals surface area (Å²) < 4.78 is 0. The quantitative estimate of drug-likeness (QED) is 0.611. The maximum Gasteiger partial charge on any atom is 0.00550 e. The van der Waals surface area contributed by atoms with Gasteiger partial charge in [0.15, 0.2) is 0 Å². The summed E-state index contributed by atoms with van der Waals surface area (Å²) in [5.41, 5.74) is 2.67. The van der Waals surface area contributed by atoms with Crippen LogP contribution in [0.1, 0.15) is 30.9 Å². The van der Waals surface area contributed by atoms with Crippen molar-refractivity contribution in [3.63, 3.8) is 0 Å². The van der Waals surface area contributed by atoms with E-state index in [1.54, 1.807) is 0 Å². The van der Waals surface area contributed by atoms with Crippen LogP contribution in [0.5, 0.6) is 0 Å². The van der Waals surface area contributed by atoms with Gasteiger partial charge in [-0.05, 0) is 24.0 Å². The minimum Gasteiger partial charge on any atom is -0.420 e. The van der Waals surface area contributed by atoms with Crippen molar-refractivity contribution in [2.45, 2.75) is 32.7 Å². The zero-order valence-electron chi connectivity index (χ0n) is 8.29. The monoisotopic (exact) mass is 175 g/mol. The van der Waals surface area contributed by atoms with E-state index in [-0.39, 0.29) is 0 Å². The molecule has 1 aromatic rings. The van der Waals surface area contributed by atoms with Gasteiger partial charge in [0.25, 0.3) is 0 Å². The Morgan fingerprint density at radius 1 is 1.15 bits per heavy atom. The average molecular weight is 175 g/mol. The van der Waals surface area contributed by atoms with E-state index in [2.05, 4.69) is 43.6 Å². The molecule has 0 spiro atoms. The average Bonchev–Trinajstić information content (AvgIpc) is 2.17. The third-order valence-corrected chi connectivity index (χ3v) is 2.14. The molecule has 0 unspecified atom stereocenters. The van der Waals surface area contributed by atoms with Gasteiger partial charge in [-0.2, -0.15) is 0 Å². The van der Waals surface area contributed by atoms with Crippen LogP contribution < -0.4 is 5.32 Å². The molecule has 0 aliphatic carbocycles. The SMILES string of the molecule is [CH2-][N]Cc1ccc(CCCC)cc1. The van der Waals surface area contributed by atoms with E-state index in [4.69, 9.17) is 0 Å². The van der Waals surface area contributed by atoms with Gasteiger partial charge in [-0.3, -0.25) is 7.05 Å². The van der Waals surface area contributed by atoms with Crippen LogP contribution in [0.15, 0.2) is 24.3 Å². The predicted octanol–water partition coefficient (Wildman–Crippen LogP) is 2.93. The summed E-state index contributed by atoms with van der Waals surface area (Å²) in [7, 11) is 3.48. The van der Waals surface area contributed by atoms with Gasteiger partial charge in [0.2, 0.25) is 0 Å². The van der Waals surface area contributed by atoms with Crippen LogP contribution in [-0.4, -0.2) is 0 Å². The molecule has 1 radical (unpaired) electrons. The van der Waals surface area contributed by atoms with E-state index in [9.17, 15) is 0 Å². The molecule has 0 aliphatic rings. The van der Waals surface area contributed by atoms with Gasteiger partial charge in [-0.1, -0.05) is 37.6 Å². The second-order valence-corrected chi connectivity index (χ2v) is 3.30. The minimum absolute atomic E-state index is 0.730. The number of hydrogen-bond donors (Lipinski definition) is 0. The lowest BCUT2D eigenvalue weighted by atomic mass is 10.1. The molecule has 0 saturated heterocycles. The Bertz CT molecular complexity index is 225. The highest BCUT2D eigenvalue weighted by Crippen LogP contribution is 2.07. The van der Waals surface area contributed by atoms with Crippen molar-refractivity contribution in [2.75, 3.05) is 0 Å². The Labute approximate surface area is 81.2 Å². The molecule has 0 amide bonds. The molecule has 0 saturated carbocycles. The van der Waals surface area contributed by atoms with E-state index in [0.29, 0.717) is 0 Å². The zero-order valence-corrected chi connectivity index (χ0v) is 8.29. The number of hydrogen-bond acceptors (Lipinski definition) is 0. The molecule has 0 aromatic heterocycles. The molecule has 0 heterocycles. The summed E-state index contributed by atoms with van der Waals surface area (Å²) in [6.07, 6.45) is 3.73. The number of benzene rings is 1. The summed E-state index contributed by atoms with van der Waals surface area (Å²) in [4.78, 5) is 0. The molecule has 13 heavy (non-hydrogen) atoms. The van der Waals surface area contributed by atoms with Crippen LogP contribution >= 0.6 is 0 Å². The molecule has 0 aliphatic heterocycles. The van der Waals surface area contributed by atoms with Gasteiger partial charge in [0.05, 0.1) is 0 Å². The second-order valence-electron chi connectivity index (χ2n) is 3.30. The minimum atomic E-state index is 0.730. The number of unbranched alkanes of at least 4 members (excludes halogenated alkanes) is 1. The summed E-state index contributed by atoms with van der Waals surface area (Å²) in [6, 6.07) is 8.66. The second kappa shape index (κ2) is 5.76. The maximum atomic E-state index is 3.85. The van der Waals surface area contributed by atoms with Crippen molar-refractivity contribution in [3.05, 3.63) is 42.4 Å². The maximum absolute atomic E-state index is 3.85. The van der Waals surface area contributed by atoms with Gasteiger partial charge in [0, 0.05) is 6.54 Å². The molecule has 0 N–H and O–H groups in total. The van der Waals surface area contributed by atoms with Crippen molar-refractivity contribution in [3.8, 4) is 0 Å². The van der Waals surface area contributed by atoms with Gasteiger partial charge in [-0.15, -0.1) is 0 Å². The van der Waals surface area contributed by atoms with Crippen molar-refractivity contribution in [2.24, 2.45) is 0 Å². The number of aryl methyl sites for hydroxylation is 1. The van der Waals surface area contributed by atoms with Gasteiger partial charge < -0.3 is 5.32 Å². The Morgan fingerprint density at radius 3 is 2.31 bits per heavy atom. The van der Waals surface area contributed by atoms with E-state index in [1.165, 1.54) is 30.4 Å². The van der Waals surface area contributed by atoms with Gasteiger partial charge in [-0.25, -0.2) is 0 Å². The lowest BCUT2D eigenvalue weighted by molar-refractivity contribution is 0.793. The van der Waals surface area contributed by atoms with Crippen LogP contribution in [0.2, 0.25) is 0 Å². The first kappa shape index (κ1) is 10.3. The molecule has 0 bridgehead atoms. The lowest BCUT2D eigenvalue weighted by Crippen LogP contribution is -1.94. The van der Waals surface area contributed by atoms with Crippen molar-refractivity contribution in [1.82, 2.24) is 5.32 Å². The summed E-state index contributed by atoms with van der Waals surface area (Å²) in [5, 5.41) is 3.85. The molecular formula is C12H17N-. The Hall–Kier alpha value is -0.820. The van der Waals surface area contributed by atoms with E-state index in [1.807, 2.05) is 0 Å². The molecule has 1 nitrogen and oxygen atoms in total. The highest BCUT2D eigenvalue weighted by atomic mass is 14.8. The van der Waals surface area contributed by atoms with Crippen LogP contribution in [-0.2, 0) is 13.0 Å². The summed E-state index contributed by atoms with van der Waals surface area (Å²) in [6.45, 7) is 2.95.